The van der Waals surface area contributed by atoms with Crippen LogP contribution >= 0.6 is 0 Å². The molecule has 33 heavy (non-hydrogen) atoms. The normalized spacial score (nSPS) is 15.2. The Morgan fingerprint density at radius 3 is 2.70 bits per heavy atom. The largest absolute Gasteiger partial charge is 0.489 e. The first-order valence-corrected chi connectivity index (χ1v) is 11.0. The molecule has 170 valence electrons. The Morgan fingerprint density at radius 2 is 1.91 bits per heavy atom. The highest BCUT2D eigenvalue weighted by molar-refractivity contribution is 6.14. The van der Waals surface area contributed by atoms with Crippen molar-refractivity contribution in [1.29, 1.82) is 0 Å². The molecule has 1 amide bonds. The van der Waals surface area contributed by atoms with Gasteiger partial charge in [-0.25, -0.2) is 5.10 Å². The van der Waals surface area contributed by atoms with Gasteiger partial charge in [-0.05, 0) is 30.8 Å². The van der Waals surface area contributed by atoms with Crippen molar-refractivity contribution in [3.8, 4) is 5.75 Å². The number of benzene rings is 2. The lowest BCUT2D eigenvalue weighted by Gasteiger charge is -2.31. The summed E-state index contributed by atoms with van der Waals surface area (Å²) in [6.45, 7) is 4.26. The van der Waals surface area contributed by atoms with Crippen LogP contribution in [0.2, 0.25) is 0 Å². The highest BCUT2D eigenvalue weighted by Gasteiger charge is 2.19. The number of piperazine rings is 1. The van der Waals surface area contributed by atoms with Crippen molar-refractivity contribution >= 4 is 33.5 Å². The van der Waals surface area contributed by atoms with Gasteiger partial charge in [-0.2, -0.15) is 5.10 Å². The smallest absolute Gasteiger partial charge is 0.288 e. The van der Waals surface area contributed by atoms with Gasteiger partial charge < -0.3 is 19.9 Å². The highest BCUT2D eigenvalue weighted by atomic mass is 16.5. The molecule has 0 atom stereocenters. The number of carbonyl (C=O) groups excluding carboxylic acids is 1. The van der Waals surface area contributed by atoms with E-state index in [0.29, 0.717) is 29.1 Å². The Balaban J connectivity index is 1.41. The third-order valence-electron chi connectivity index (χ3n) is 5.97. The first kappa shape index (κ1) is 21.2. The van der Waals surface area contributed by atoms with Crippen LogP contribution in [0.15, 0.2) is 53.3 Å². The minimum atomic E-state index is -0.343. The summed E-state index contributed by atoms with van der Waals surface area (Å²) in [5.74, 6) is 0.837. The van der Waals surface area contributed by atoms with E-state index in [2.05, 4.69) is 37.3 Å². The van der Waals surface area contributed by atoms with Crippen LogP contribution in [0.4, 0.5) is 5.82 Å². The van der Waals surface area contributed by atoms with E-state index < -0.39 is 0 Å². The minimum Gasteiger partial charge on any atom is -0.489 e. The van der Waals surface area contributed by atoms with Crippen LogP contribution in [0.5, 0.6) is 5.75 Å². The third-order valence-corrected chi connectivity index (χ3v) is 5.97. The zero-order valence-electron chi connectivity index (χ0n) is 18.4. The first-order valence-electron chi connectivity index (χ1n) is 11.0. The summed E-state index contributed by atoms with van der Waals surface area (Å²) in [6.07, 6.45) is 0. The summed E-state index contributed by atoms with van der Waals surface area (Å²) >= 11 is 0. The molecular weight excluding hydrogens is 420 g/mol. The molecule has 0 spiro atoms. The maximum atomic E-state index is 12.7. The topological polar surface area (TPSA) is 106 Å². The van der Waals surface area contributed by atoms with Gasteiger partial charge in [-0.3, -0.25) is 14.5 Å². The van der Waals surface area contributed by atoms with Gasteiger partial charge >= 0.3 is 0 Å². The minimum absolute atomic E-state index is 0.161. The number of aromatic nitrogens is 3. The van der Waals surface area contributed by atoms with E-state index in [0.717, 1.165) is 42.6 Å². The summed E-state index contributed by atoms with van der Waals surface area (Å²) in [5.41, 5.74) is 1.86. The van der Waals surface area contributed by atoms with Gasteiger partial charge in [0.2, 0.25) is 5.91 Å². The van der Waals surface area contributed by atoms with Gasteiger partial charge in [-0.15, -0.1) is 0 Å². The number of H-pyrrole nitrogens is 2. The number of fused-ring (bicyclic) bond motifs is 3. The second-order valence-corrected chi connectivity index (χ2v) is 8.39. The number of hydrogen-bond donors (Lipinski definition) is 3. The van der Waals surface area contributed by atoms with Crippen molar-refractivity contribution < 1.29 is 9.53 Å². The standard InChI is InChI=1S/C24H26N6O3/c1-29-9-11-30(12-10-29)14-20(31)26-23-21-18-13-17(33-15-16-5-3-2-4-6-16)7-8-19(18)25-22(21)24(32)28-27-23/h2-8,13,25H,9-12,14-15H2,1H3,(H,28,32)(H,26,27,31). The molecule has 0 unspecified atom stereocenters. The van der Waals surface area contributed by atoms with Crippen LogP contribution in [0.1, 0.15) is 5.56 Å². The summed E-state index contributed by atoms with van der Waals surface area (Å²) in [6, 6.07) is 15.5. The maximum Gasteiger partial charge on any atom is 0.288 e. The fraction of sp³-hybridized carbons (Fsp3) is 0.292. The van der Waals surface area contributed by atoms with E-state index in [1.54, 1.807) is 0 Å². The molecule has 0 radical (unpaired) electrons. The number of nitrogens with one attached hydrogen (secondary N) is 3. The Hall–Kier alpha value is -3.69. The van der Waals surface area contributed by atoms with Crippen LogP contribution in [0.3, 0.4) is 0 Å². The lowest BCUT2D eigenvalue weighted by atomic mass is 10.2. The number of likely N-dealkylation sites (N-methyl/N-ethyl adjacent to an activating group) is 1. The van der Waals surface area contributed by atoms with E-state index in [1.807, 2.05) is 48.5 Å². The molecule has 0 saturated carbocycles. The fourth-order valence-electron chi connectivity index (χ4n) is 4.11. The van der Waals surface area contributed by atoms with Gasteiger partial charge in [0.1, 0.15) is 17.9 Å². The number of rotatable bonds is 6. The predicted octanol–water partition coefficient (Wildman–Crippen LogP) is 2.17. The molecule has 0 bridgehead atoms. The second kappa shape index (κ2) is 9.05. The average molecular weight is 447 g/mol. The Morgan fingerprint density at radius 1 is 1.12 bits per heavy atom. The van der Waals surface area contributed by atoms with Crippen LogP contribution in [-0.2, 0) is 11.4 Å². The van der Waals surface area contributed by atoms with Crippen molar-refractivity contribution in [1.82, 2.24) is 25.0 Å². The zero-order valence-corrected chi connectivity index (χ0v) is 18.4. The van der Waals surface area contributed by atoms with Gasteiger partial charge in [0.05, 0.1) is 11.9 Å². The molecule has 1 fully saturated rings. The molecule has 1 saturated heterocycles. The van der Waals surface area contributed by atoms with Gasteiger partial charge in [-0.1, -0.05) is 30.3 Å². The van der Waals surface area contributed by atoms with Crippen LogP contribution < -0.4 is 15.6 Å². The van der Waals surface area contributed by atoms with Crippen molar-refractivity contribution in [2.75, 3.05) is 45.1 Å². The van der Waals surface area contributed by atoms with E-state index in [4.69, 9.17) is 4.74 Å². The molecular formula is C24H26N6O3. The lowest BCUT2D eigenvalue weighted by molar-refractivity contribution is -0.117. The number of hydrogen-bond acceptors (Lipinski definition) is 6. The molecule has 9 heteroatoms. The van der Waals surface area contributed by atoms with E-state index in [9.17, 15) is 9.59 Å². The van der Waals surface area contributed by atoms with Crippen LogP contribution in [-0.4, -0.2) is 70.7 Å². The van der Waals surface area contributed by atoms with Gasteiger partial charge in [0.25, 0.3) is 5.56 Å². The lowest BCUT2D eigenvalue weighted by Crippen LogP contribution is -2.47. The Bertz CT molecular complexity index is 1340. The summed E-state index contributed by atoms with van der Waals surface area (Å²) in [4.78, 5) is 32.7. The fourth-order valence-corrected chi connectivity index (χ4v) is 4.11. The molecule has 3 N–H and O–H groups in total. The summed E-state index contributed by atoms with van der Waals surface area (Å²) < 4.78 is 5.96. The summed E-state index contributed by atoms with van der Waals surface area (Å²) in [5, 5.41) is 10.8. The van der Waals surface area contributed by atoms with Crippen LogP contribution in [0.25, 0.3) is 21.8 Å². The zero-order chi connectivity index (χ0) is 22.8. The second-order valence-electron chi connectivity index (χ2n) is 8.39. The summed E-state index contributed by atoms with van der Waals surface area (Å²) in [7, 11) is 2.08. The van der Waals surface area contributed by atoms with E-state index >= 15 is 0 Å². The van der Waals surface area contributed by atoms with E-state index in [-0.39, 0.29) is 18.0 Å². The van der Waals surface area contributed by atoms with Crippen molar-refractivity contribution in [3.05, 3.63) is 64.4 Å². The molecule has 1 aliphatic heterocycles. The first-order chi connectivity index (χ1) is 16.1. The molecule has 1 aliphatic rings. The number of amides is 1. The van der Waals surface area contributed by atoms with Gasteiger partial charge in [0, 0.05) is 37.1 Å². The van der Waals surface area contributed by atoms with Crippen molar-refractivity contribution in [3.63, 3.8) is 0 Å². The maximum absolute atomic E-state index is 12.7. The number of nitrogens with zero attached hydrogens (tertiary/aromatic N) is 3. The molecule has 0 aliphatic carbocycles. The third kappa shape index (κ3) is 4.59. The molecule has 2 aromatic carbocycles. The average Bonchev–Trinajstić information content (AvgIpc) is 3.22. The molecule has 3 heterocycles. The quantitative estimate of drug-likeness (QED) is 0.419. The SMILES string of the molecule is CN1CCN(CC(=O)Nc2n[nH]c(=O)c3[nH]c4ccc(OCc5ccccc5)cc4c23)CC1. The van der Waals surface area contributed by atoms with Gasteiger partial charge in [0.15, 0.2) is 5.82 Å². The van der Waals surface area contributed by atoms with Crippen LogP contribution in [0, 0.1) is 0 Å². The highest BCUT2D eigenvalue weighted by Crippen LogP contribution is 2.31. The Labute approximate surface area is 190 Å². The van der Waals surface area contributed by atoms with Crippen molar-refractivity contribution in [2.45, 2.75) is 6.61 Å². The number of anilines is 1. The Kier molecular flexibility index (Phi) is 5.80. The monoisotopic (exact) mass is 446 g/mol. The van der Waals surface area contributed by atoms with E-state index in [1.165, 1.54) is 0 Å². The number of carbonyl (C=O) groups is 1. The predicted molar refractivity (Wildman–Crippen MR) is 128 cm³/mol. The molecule has 5 rings (SSSR count). The van der Waals surface area contributed by atoms with Crippen molar-refractivity contribution in [2.24, 2.45) is 0 Å². The molecule has 2 aromatic heterocycles. The number of aromatic amines is 2. The number of ether oxygens (including phenoxy) is 1. The molecule has 9 nitrogen and oxygen atoms in total. The molecule has 4 aromatic rings.